The Hall–Kier alpha value is -3.50. The molecule has 2 aromatic rings. The van der Waals surface area contributed by atoms with Crippen molar-refractivity contribution in [3.63, 3.8) is 0 Å². The Morgan fingerprint density at radius 1 is 1.06 bits per heavy atom. The van der Waals surface area contributed by atoms with Gasteiger partial charge in [0.15, 0.2) is 0 Å². The van der Waals surface area contributed by atoms with E-state index >= 15 is 0 Å². The van der Waals surface area contributed by atoms with E-state index in [0.29, 0.717) is 42.2 Å². The summed E-state index contributed by atoms with van der Waals surface area (Å²) in [6, 6.07) is 9.60. The number of piperazine rings is 1. The highest BCUT2D eigenvalue weighted by atomic mass is 19.1. The minimum Gasteiger partial charge on any atom is -0.496 e. The molecule has 1 saturated heterocycles. The lowest BCUT2D eigenvalue weighted by Crippen LogP contribution is -2.57. The number of hydrazine groups is 1. The minimum absolute atomic E-state index is 0.0596. The van der Waals surface area contributed by atoms with Crippen molar-refractivity contribution in [1.29, 1.82) is 0 Å². The number of carbonyl (C=O) groups is 3. The van der Waals surface area contributed by atoms with E-state index in [0.717, 1.165) is 5.56 Å². The average molecular weight is 484 g/mol. The molecule has 186 valence electrons. The Bertz CT molecular complexity index is 1160. The Balaban J connectivity index is 1.58. The summed E-state index contributed by atoms with van der Waals surface area (Å²) in [5.41, 5.74) is 7.53. The highest BCUT2D eigenvalue weighted by Gasteiger charge is 2.38. The second-order valence-electron chi connectivity index (χ2n) is 9.26. The van der Waals surface area contributed by atoms with Crippen LogP contribution in [0.2, 0.25) is 0 Å². The van der Waals surface area contributed by atoms with E-state index in [2.05, 4.69) is 4.90 Å². The summed E-state index contributed by atoms with van der Waals surface area (Å²) in [7, 11) is 1.47. The van der Waals surface area contributed by atoms with Crippen molar-refractivity contribution in [1.82, 2.24) is 9.80 Å². The number of fused-ring (bicyclic) bond motifs is 1. The minimum atomic E-state index is -1.04. The van der Waals surface area contributed by atoms with E-state index in [-0.39, 0.29) is 30.4 Å². The fourth-order valence-electron chi connectivity index (χ4n) is 4.92. The molecular weight excluding hydrogens is 453 g/mol. The maximum absolute atomic E-state index is 13.7. The third kappa shape index (κ3) is 4.71. The molecule has 0 bridgehead atoms. The lowest BCUT2D eigenvalue weighted by atomic mass is 9.93. The Kier molecular flexibility index (Phi) is 6.77. The summed E-state index contributed by atoms with van der Waals surface area (Å²) < 4.78 is 18.8. The van der Waals surface area contributed by atoms with Crippen LogP contribution in [0.4, 0.5) is 10.1 Å². The normalized spacial score (nSPS) is 22.1. The fraction of sp³-hybridized carbons (Fsp3) is 0.400. The number of benzene rings is 2. The maximum Gasteiger partial charge on any atom is 0.285 e. The van der Waals surface area contributed by atoms with E-state index < -0.39 is 17.6 Å². The predicted molar refractivity (Wildman–Crippen MR) is 128 cm³/mol. The van der Waals surface area contributed by atoms with E-state index in [1.54, 1.807) is 29.2 Å². The van der Waals surface area contributed by atoms with Crippen molar-refractivity contribution < 1.29 is 23.5 Å². The second kappa shape index (κ2) is 9.63. The van der Waals surface area contributed by atoms with Crippen LogP contribution in [0.5, 0.6) is 5.75 Å². The predicted octanol–water partition coefficient (Wildman–Crippen LogP) is 1.40. The Labute approximate surface area is 203 Å². The average Bonchev–Trinajstić information content (AvgIpc) is 3.16. The number of ketones is 1. The molecular formula is C25H30FN5O4. The van der Waals surface area contributed by atoms with Gasteiger partial charge in [-0.1, -0.05) is 12.1 Å². The molecule has 1 unspecified atom stereocenters. The van der Waals surface area contributed by atoms with Crippen LogP contribution in [0.3, 0.4) is 0 Å². The molecule has 2 aliphatic rings. The molecule has 0 saturated carbocycles. The number of Topliss-reactive ketones (excluding diaryl/α,β-unsaturated/α-hetero) is 1. The van der Waals surface area contributed by atoms with Gasteiger partial charge >= 0.3 is 0 Å². The van der Waals surface area contributed by atoms with Gasteiger partial charge in [0, 0.05) is 44.3 Å². The maximum atomic E-state index is 13.7. The highest BCUT2D eigenvalue weighted by molar-refractivity contribution is 6.38. The van der Waals surface area contributed by atoms with E-state index in [1.807, 2.05) is 13.8 Å². The molecule has 0 aromatic heterocycles. The van der Waals surface area contributed by atoms with Crippen molar-refractivity contribution in [2.45, 2.75) is 38.4 Å². The fourth-order valence-corrected chi connectivity index (χ4v) is 4.92. The largest absolute Gasteiger partial charge is 0.496 e. The molecule has 2 heterocycles. The summed E-state index contributed by atoms with van der Waals surface area (Å²) >= 11 is 0. The van der Waals surface area contributed by atoms with E-state index in [9.17, 15) is 18.8 Å². The van der Waals surface area contributed by atoms with Gasteiger partial charge < -0.3 is 20.4 Å². The Morgan fingerprint density at radius 2 is 1.74 bits per heavy atom. The van der Waals surface area contributed by atoms with Crippen molar-refractivity contribution in [2.24, 2.45) is 11.6 Å². The first kappa shape index (κ1) is 24.6. The Morgan fingerprint density at radius 3 is 2.37 bits per heavy atom. The SMILES string of the molecule is COc1cc2c(cc1C(=O)N1C[C@H](C)N(Cc3ccc(F)cc3)C[C@H]1C)C(C(=O)C(N)=O)CN2N. The van der Waals surface area contributed by atoms with Crippen LogP contribution in [0.25, 0.3) is 0 Å². The van der Waals surface area contributed by atoms with Crippen LogP contribution in [-0.2, 0) is 16.1 Å². The standard InChI is InChI=1S/C25H30FN5O4/c1-14-11-30(15(2)10-29(14)12-16-4-6-17(26)7-5-16)25(34)19-8-18-20(23(32)24(27)33)13-31(28)21(18)9-22(19)35-3/h4-9,14-15,20H,10-13,28H2,1-3H3,(H2,27,33)/t14-,15+,20?/m0/s1. The van der Waals surface area contributed by atoms with Crippen molar-refractivity contribution in [3.05, 3.63) is 58.9 Å². The molecule has 2 amide bonds. The quantitative estimate of drug-likeness (QED) is 0.470. The molecule has 0 spiro atoms. The van der Waals surface area contributed by atoms with Crippen LogP contribution in [-0.4, -0.2) is 66.2 Å². The highest BCUT2D eigenvalue weighted by Crippen LogP contribution is 2.40. The first-order chi connectivity index (χ1) is 16.6. The first-order valence-corrected chi connectivity index (χ1v) is 11.5. The molecule has 10 heteroatoms. The van der Waals surface area contributed by atoms with Gasteiger partial charge in [0.25, 0.3) is 11.8 Å². The van der Waals surface area contributed by atoms with Crippen LogP contribution >= 0.6 is 0 Å². The summed E-state index contributed by atoms with van der Waals surface area (Å²) in [6.07, 6.45) is 0. The third-order valence-corrected chi connectivity index (χ3v) is 6.88. The van der Waals surface area contributed by atoms with Crippen molar-refractivity contribution >= 4 is 23.3 Å². The smallest absolute Gasteiger partial charge is 0.285 e. The second-order valence-corrected chi connectivity index (χ2v) is 9.26. The number of rotatable bonds is 6. The molecule has 3 atom stereocenters. The van der Waals surface area contributed by atoms with Gasteiger partial charge in [0.2, 0.25) is 5.78 Å². The summed E-state index contributed by atoms with van der Waals surface area (Å²) in [4.78, 5) is 41.7. The van der Waals surface area contributed by atoms with Gasteiger partial charge in [-0.15, -0.1) is 0 Å². The number of halogens is 1. The van der Waals surface area contributed by atoms with Gasteiger partial charge in [0.1, 0.15) is 11.6 Å². The van der Waals surface area contributed by atoms with Gasteiger partial charge in [-0.25, -0.2) is 10.2 Å². The lowest BCUT2D eigenvalue weighted by Gasteiger charge is -2.44. The zero-order valence-electron chi connectivity index (χ0n) is 20.0. The van der Waals surface area contributed by atoms with Crippen LogP contribution < -0.4 is 21.3 Å². The van der Waals surface area contributed by atoms with Gasteiger partial charge in [-0.3, -0.25) is 19.3 Å². The van der Waals surface area contributed by atoms with Gasteiger partial charge in [-0.05, 0) is 43.2 Å². The van der Waals surface area contributed by atoms with Crippen molar-refractivity contribution in [3.8, 4) is 5.75 Å². The van der Waals surface area contributed by atoms with Crippen LogP contribution in [0.15, 0.2) is 36.4 Å². The van der Waals surface area contributed by atoms with Crippen LogP contribution in [0.1, 0.15) is 41.3 Å². The number of methoxy groups -OCH3 is 1. The zero-order valence-corrected chi connectivity index (χ0v) is 20.0. The third-order valence-electron chi connectivity index (χ3n) is 6.88. The number of hydrogen-bond acceptors (Lipinski definition) is 7. The first-order valence-electron chi connectivity index (χ1n) is 11.5. The summed E-state index contributed by atoms with van der Waals surface area (Å²) in [5, 5.41) is 1.36. The molecule has 0 aliphatic carbocycles. The monoisotopic (exact) mass is 483 g/mol. The molecule has 0 radical (unpaired) electrons. The molecule has 2 aromatic carbocycles. The topological polar surface area (TPSA) is 122 Å². The van der Waals surface area contributed by atoms with Gasteiger partial charge in [0.05, 0.1) is 24.3 Å². The van der Waals surface area contributed by atoms with E-state index in [4.69, 9.17) is 16.3 Å². The number of amides is 2. The summed E-state index contributed by atoms with van der Waals surface area (Å²) in [6.45, 7) is 5.88. The van der Waals surface area contributed by atoms with Crippen molar-refractivity contribution in [2.75, 3.05) is 31.8 Å². The molecule has 35 heavy (non-hydrogen) atoms. The number of anilines is 1. The number of nitrogens with two attached hydrogens (primary N) is 2. The molecule has 1 fully saturated rings. The van der Waals surface area contributed by atoms with E-state index in [1.165, 1.54) is 24.3 Å². The molecule has 9 nitrogen and oxygen atoms in total. The number of nitrogens with zero attached hydrogens (tertiary/aromatic N) is 3. The zero-order chi connectivity index (χ0) is 25.4. The molecule has 2 aliphatic heterocycles. The molecule has 4 rings (SSSR count). The summed E-state index contributed by atoms with van der Waals surface area (Å²) in [5.74, 6) is 3.25. The molecule has 4 N–H and O–H groups in total. The number of ether oxygens (including phenoxy) is 1. The number of carbonyl (C=O) groups excluding carboxylic acids is 3. The lowest BCUT2D eigenvalue weighted by molar-refractivity contribution is -0.136. The van der Waals surface area contributed by atoms with Gasteiger partial charge in [-0.2, -0.15) is 0 Å². The number of hydrogen-bond donors (Lipinski definition) is 2. The number of primary amides is 1. The van der Waals surface area contributed by atoms with Crippen LogP contribution in [0, 0.1) is 5.82 Å².